The fourth-order valence-corrected chi connectivity index (χ4v) is 16.1. The number of pyridine rings is 8. The molecule has 0 radical (unpaired) electrons. The van der Waals surface area contributed by atoms with E-state index in [0.29, 0.717) is 34.6 Å². The van der Waals surface area contributed by atoms with E-state index < -0.39 is 0 Å². The van der Waals surface area contributed by atoms with Crippen molar-refractivity contribution in [2.24, 2.45) is 21.1 Å². The first-order chi connectivity index (χ1) is 59.7. The number of hydrogen-bond donors (Lipinski definition) is 0. The van der Waals surface area contributed by atoms with Gasteiger partial charge in [0.15, 0.2) is 16.9 Å². The van der Waals surface area contributed by atoms with Crippen molar-refractivity contribution >= 4 is 82.5 Å². The fraction of sp³-hybridized carbons (Fsp3) is 0.178. The van der Waals surface area contributed by atoms with Crippen molar-refractivity contribution in [1.82, 2.24) is 52.3 Å². The summed E-state index contributed by atoms with van der Waals surface area (Å²) in [5.41, 5.74) is 18.9. The summed E-state index contributed by atoms with van der Waals surface area (Å²) in [5, 5.41) is 6.42. The predicted molar refractivity (Wildman–Crippen MR) is 488 cm³/mol. The van der Waals surface area contributed by atoms with Crippen LogP contribution in [0.1, 0.15) is 105 Å². The van der Waals surface area contributed by atoms with Gasteiger partial charge in [-0.15, -0.1) is 81.8 Å². The third-order valence-corrected chi connectivity index (χ3v) is 22.8. The summed E-state index contributed by atoms with van der Waals surface area (Å²) in [5.74, 6) is 5.88. The van der Waals surface area contributed by atoms with Crippen LogP contribution in [0.3, 0.4) is 0 Å². The number of imidazole rings is 3. The minimum absolute atomic E-state index is 0. The summed E-state index contributed by atoms with van der Waals surface area (Å²) in [6, 6.07) is 96.7. The number of nitrogens with zero attached hydrogens (tertiary/aromatic N) is 14. The standard InChI is InChI=1S/C39H36N4O.2C34H27N5O.3Pt/c1-38(2,3)27-17-18-40-36(23-27)43-33-13-9-8-12-31(33)32-16-15-29(24-34(32)43)44-30-21-26(20-28(22-30)39(4,5)6)35-25-42-19-11-10-14-37(42)41(35)7;1-34(2,3)24-15-17-35-31(20-24)39-29-21-26(13-14-27(29)28-11-8-16-36-33(28)39)40-25-10-7-9-23(19-25)30-22-38-18-6-5-12-32(38)37(30)4;1-34(2,3)24-15-16-35-31(19-24)39-28-13-6-5-12-26(28)27-21-36-32(20-29(27)39)40-25-11-9-10-23(18-25)30-22-38-17-8-7-14-33(38)37(30)4;;;/h8-20,22-23H,1-7H3;5-18,20H,1-4H3;5-17,19,21H,1-4H3;;;/q3*-2;;;. The zero-order valence-corrected chi connectivity index (χ0v) is 79.7. The number of benzene rings is 7. The van der Waals surface area contributed by atoms with E-state index in [2.05, 4.69) is 299 Å². The van der Waals surface area contributed by atoms with Gasteiger partial charge in [-0.2, -0.15) is 65.2 Å². The number of aromatic nitrogens is 14. The Labute approximate surface area is 782 Å². The van der Waals surface area contributed by atoms with Gasteiger partial charge in [-0.05, 0) is 128 Å². The summed E-state index contributed by atoms with van der Waals surface area (Å²) >= 11 is 0. The molecule has 14 aromatic heterocycles. The Kier molecular flexibility index (Phi) is 24.1. The van der Waals surface area contributed by atoms with Crippen LogP contribution in [-0.2, 0) is 106 Å². The molecular formula is C107H90N14O3Pt3-6. The van der Waals surface area contributed by atoms with Crippen molar-refractivity contribution in [2.75, 3.05) is 0 Å². The van der Waals surface area contributed by atoms with Gasteiger partial charge in [0.25, 0.3) is 0 Å². The molecule has 0 spiro atoms. The number of rotatable bonds is 12. The number of hydrogen-bond acceptors (Lipinski definition) is 8. The van der Waals surface area contributed by atoms with Crippen LogP contribution in [0.2, 0.25) is 0 Å². The van der Waals surface area contributed by atoms with Crippen LogP contribution in [0, 0.1) is 55.0 Å². The van der Waals surface area contributed by atoms with E-state index in [1.807, 2.05) is 180 Å². The quantitative estimate of drug-likeness (QED) is 0.0872. The first-order valence-electron chi connectivity index (χ1n) is 41.5. The van der Waals surface area contributed by atoms with Gasteiger partial charge in [-0.25, -0.2) is 19.9 Å². The van der Waals surface area contributed by atoms with E-state index in [1.54, 1.807) is 0 Å². The number of aryl methyl sites for hydroxylation is 3. The smallest absolute Gasteiger partial charge is 0.196 e. The summed E-state index contributed by atoms with van der Waals surface area (Å²) in [4.78, 5) is 23.6. The Bertz CT molecular complexity index is 7440. The van der Waals surface area contributed by atoms with Crippen molar-refractivity contribution in [3.63, 3.8) is 0 Å². The molecule has 0 fully saturated rings. The molecule has 642 valence electrons. The SMILES string of the molecule is Cn1c(-c2[c-]c(Oc3[c-]c4c(cc3)c3ccccc3n4-c3cc(C(C)(C)C)ccn3)cc(C(C)(C)C)c2)[c-][n+]2ccccc12.Cn1c(-c2[c-]c(Oc3[c-]c4c(cc3)c3cccnc3n4-c3cc(C(C)(C)C)ccn3)ccc2)[c-][n+]2ccccc12.Cn1c(-c2[c-]c(Oc3[c-]c4c(cn3)c3ccccc3n4-c3cc(C(C)(C)C)ccn3)ccc2)[c-][n+]2ccccc12.[Pt].[Pt].[Pt]. The Morgan fingerprint density at radius 3 is 1.17 bits per heavy atom. The molecule has 0 N–H and O–H groups in total. The van der Waals surface area contributed by atoms with Crippen LogP contribution in [0.4, 0.5) is 0 Å². The molecule has 20 heteroatoms. The first-order valence-corrected chi connectivity index (χ1v) is 41.5. The maximum absolute atomic E-state index is 6.59. The Morgan fingerprint density at radius 2 is 0.685 bits per heavy atom. The molecule has 7 aromatic carbocycles. The molecular weight excluding hydrogens is 2110 g/mol. The molecule has 127 heavy (non-hydrogen) atoms. The van der Waals surface area contributed by atoms with Gasteiger partial charge in [-0.1, -0.05) is 184 Å². The second-order valence-corrected chi connectivity index (χ2v) is 35.4. The maximum Gasteiger partial charge on any atom is 0.196 e. The second-order valence-electron chi connectivity index (χ2n) is 35.4. The molecule has 0 aliphatic heterocycles. The number of para-hydroxylation sites is 2. The molecule has 14 heterocycles. The molecule has 0 saturated carbocycles. The summed E-state index contributed by atoms with van der Waals surface area (Å²) in [7, 11) is 6.11. The van der Waals surface area contributed by atoms with Crippen molar-refractivity contribution in [3.05, 3.63) is 351 Å². The van der Waals surface area contributed by atoms with Crippen LogP contribution in [0.25, 0.3) is 134 Å². The molecule has 0 amide bonds. The van der Waals surface area contributed by atoms with E-state index in [1.165, 1.54) is 16.7 Å². The average molecular weight is 2210 g/mol. The van der Waals surface area contributed by atoms with E-state index in [9.17, 15) is 0 Å². The molecule has 17 nitrogen and oxygen atoms in total. The Morgan fingerprint density at radius 1 is 0.291 bits per heavy atom. The number of ether oxygens (including phenoxy) is 3. The Hall–Kier alpha value is -12.8. The summed E-state index contributed by atoms with van der Waals surface area (Å²) < 4.78 is 37.8. The van der Waals surface area contributed by atoms with E-state index in [0.717, 1.165) is 139 Å². The Balaban J connectivity index is 0.000000139. The molecule has 0 aliphatic carbocycles. The average Bonchev–Trinajstić information content (AvgIpc) is 1.55. The molecule has 0 atom stereocenters. The van der Waals surface area contributed by atoms with Gasteiger partial charge >= 0.3 is 0 Å². The molecule has 0 aliphatic rings. The van der Waals surface area contributed by atoms with Crippen LogP contribution in [-0.4, -0.2) is 52.3 Å². The van der Waals surface area contributed by atoms with Gasteiger partial charge < -0.3 is 54.8 Å². The molecule has 0 bridgehead atoms. The van der Waals surface area contributed by atoms with Crippen molar-refractivity contribution in [2.45, 2.75) is 105 Å². The minimum Gasteiger partial charge on any atom is -0.504 e. The van der Waals surface area contributed by atoms with Gasteiger partial charge in [0.05, 0.1) is 21.1 Å². The zero-order valence-electron chi connectivity index (χ0n) is 72.9. The monoisotopic (exact) mass is 2200 g/mol. The first kappa shape index (κ1) is 87.7. The van der Waals surface area contributed by atoms with Crippen LogP contribution >= 0.6 is 0 Å². The summed E-state index contributed by atoms with van der Waals surface area (Å²) in [6.45, 7) is 26.5. The van der Waals surface area contributed by atoms with E-state index in [-0.39, 0.29) is 84.9 Å². The predicted octanol–water partition coefficient (Wildman–Crippen LogP) is 22.3. The third-order valence-electron chi connectivity index (χ3n) is 22.8. The fourth-order valence-electron chi connectivity index (χ4n) is 16.1. The van der Waals surface area contributed by atoms with Crippen molar-refractivity contribution < 1.29 is 90.6 Å². The molecule has 0 saturated heterocycles. The van der Waals surface area contributed by atoms with Crippen molar-refractivity contribution in [3.8, 4) is 85.9 Å². The molecule has 21 aromatic rings. The molecule has 0 unspecified atom stereocenters. The summed E-state index contributed by atoms with van der Waals surface area (Å²) in [6.07, 6.45) is 25.6. The van der Waals surface area contributed by atoms with E-state index >= 15 is 0 Å². The zero-order chi connectivity index (χ0) is 85.7. The van der Waals surface area contributed by atoms with Crippen LogP contribution in [0.15, 0.2) is 274 Å². The minimum atomic E-state index is -0.0937. The normalized spacial score (nSPS) is 11.9. The van der Waals surface area contributed by atoms with Gasteiger partial charge in [0, 0.05) is 182 Å². The van der Waals surface area contributed by atoms with Crippen LogP contribution in [0.5, 0.6) is 34.6 Å². The van der Waals surface area contributed by atoms with Gasteiger partial charge in [0.2, 0.25) is 0 Å². The topological polar surface area (TPSA) is 134 Å². The van der Waals surface area contributed by atoms with E-state index in [4.69, 9.17) is 34.1 Å². The largest absolute Gasteiger partial charge is 0.504 e. The van der Waals surface area contributed by atoms with Gasteiger partial charge in [0.1, 0.15) is 29.0 Å². The second kappa shape index (κ2) is 34.9. The van der Waals surface area contributed by atoms with Gasteiger partial charge in [-0.3, -0.25) is 4.98 Å². The van der Waals surface area contributed by atoms with Crippen LogP contribution < -0.4 is 27.4 Å². The molecule has 21 rings (SSSR count). The number of fused-ring (bicyclic) bond motifs is 12. The third kappa shape index (κ3) is 17.1. The maximum atomic E-state index is 6.59. The van der Waals surface area contributed by atoms with Crippen molar-refractivity contribution in [1.29, 1.82) is 0 Å².